The van der Waals surface area contributed by atoms with Crippen LogP contribution in [0.1, 0.15) is 92.4 Å². The molecule has 0 radical (unpaired) electrons. The third kappa shape index (κ3) is 11.5. The maximum atomic E-state index is 15.2. The van der Waals surface area contributed by atoms with Crippen molar-refractivity contribution in [3.8, 4) is 28.0 Å². The van der Waals surface area contributed by atoms with Crippen LogP contribution in [0.25, 0.3) is 22.3 Å². The van der Waals surface area contributed by atoms with Gasteiger partial charge < -0.3 is 24.1 Å². The summed E-state index contributed by atoms with van der Waals surface area (Å²) < 4.78 is 70.4. The number of carbonyl (C=O) groups excluding carboxylic acids is 3. The molecule has 0 saturated carbocycles. The number of esters is 2. The van der Waals surface area contributed by atoms with Gasteiger partial charge in [-0.2, -0.15) is 13.2 Å². The molecule has 3 rings (SSSR count). The van der Waals surface area contributed by atoms with Crippen LogP contribution < -0.4 is 9.84 Å². The number of benzene rings is 3. The van der Waals surface area contributed by atoms with Crippen LogP contribution in [-0.2, 0) is 14.3 Å². The zero-order valence-corrected chi connectivity index (χ0v) is 26.5. The van der Waals surface area contributed by atoms with Crippen LogP contribution in [0.4, 0.5) is 17.6 Å². The van der Waals surface area contributed by atoms with Crippen molar-refractivity contribution in [2.24, 2.45) is 0 Å². The van der Waals surface area contributed by atoms with E-state index in [1.807, 2.05) is 0 Å². The van der Waals surface area contributed by atoms with Crippen LogP contribution in [0.15, 0.2) is 60.7 Å². The molecule has 0 aliphatic rings. The number of aromatic carboxylic acids is 1. The minimum atomic E-state index is -4.88. The molecule has 1 atom stereocenters. The van der Waals surface area contributed by atoms with Crippen LogP contribution in [0.2, 0.25) is 0 Å². The third-order valence-electron chi connectivity index (χ3n) is 7.48. The summed E-state index contributed by atoms with van der Waals surface area (Å²) in [5, 5.41) is 11.6. The molecule has 0 aliphatic carbocycles. The van der Waals surface area contributed by atoms with E-state index in [2.05, 4.69) is 11.7 Å². The van der Waals surface area contributed by atoms with Crippen LogP contribution in [0.5, 0.6) is 5.75 Å². The molecule has 0 fully saturated rings. The summed E-state index contributed by atoms with van der Waals surface area (Å²) in [6, 6.07) is 13.7. The molecule has 3 aromatic rings. The number of hydrogen-bond acceptors (Lipinski definition) is 7. The average Bonchev–Trinajstić information content (AvgIpc) is 3.03. The van der Waals surface area contributed by atoms with E-state index in [4.69, 9.17) is 9.47 Å². The number of unbranched alkanes of at least 4 members (excludes halogenated alkanes) is 6. The fourth-order valence-electron chi connectivity index (χ4n) is 4.94. The van der Waals surface area contributed by atoms with E-state index in [-0.39, 0.29) is 35.9 Å². The summed E-state index contributed by atoms with van der Waals surface area (Å²) in [6.07, 6.45) is -0.235. The summed E-state index contributed by atoms with van der Waals surface area (Å²) in [7, 11) is 0. The lowest BCUT2D eigenvalue weighted by Gasteiger charge is -2.21. The molecule has 7 nitrogen and oxygen atoms in total. The number of hydrogen-bond donors (Lipinski definition) is 0. The van der Waals surface area contributed by atoms with Gasteiger partial charge in [-0.15, -0.1) is 0 Å². The Morgan fingerprint density at radius 2 is 1.47 bits per heavy atom. The standard InChI is InChI=1S/C36H40F4O7/c1-3-5-6-7-8-9-10-11-33(41)46-27-16-12-24(13-17-27)28-18-15-26(34(42)43)22-30(28)25-14-19-29(31(37)23-25)35(44)47-32(36(38,39)40)20-21-45-4-2/h12-19,22-23,32H,3-11,20-21H2,1-2H3,(H,42,43)/p-1/t32-/m1/s1. The van der Waals surface area contributed by atoms with Crippen molar-refractivity contribution in [2.45, 2.75) is 83.9 Å². The number of halogens is 4. The lowest BCUT2D eigenvalue weighted by Crippen LogP contribution is -2.35. The quantitative estimate of drug-likeness (QED) is 0.0589. The number of rotatable bonds is 18. The molecule has 0 unspecified atom stereocenters. The highest BCUT2D eigenvalue weighted by atomic mass is 19.4. The molecule has 0 amide bonds. The van der Waals surface area contributed by atoms with Crippen molar-refractivity contribution in [1.29, 1.82) is 0 Å². The second-order valence-electron chi connectivity index (χ2n) is 11.0. The molecule has 3 aromatic carbocycles. The molecule has 0 aliphatic heterocycles. The topological polar surface area (TPSA) is 102 Å². The number of ether oxygens (including phenoxy) is 3. The Bertz CT molecular complexity index is 1490. The Balaban J connectivity index is 1.78. The molecule has 11 heteroatoms. The van der Waals surface area contributed by atoms with Gasteiger partial charge in [-0.05, 0) is 71.5 Å². The van der Waals surface area contributed by atoms with Crippen LogP contribution in [-0.4, -0.2) is 43.4 Å². The summed E-state index contributed by atoms with van der Waals surface area (Å²) in [5.41, 5.74) is 0.512. The van der Waals surface area contributed by atoms with Gasteiger partial charge in [0.15, 0.2) is 6.10 Å². The number of carboxylic acid groups (broad SMARTS) is 1. The smallest absolute Gasteiger partial charge is 0.425 e. The predicted molar refractivity (Wildman–Crippen MR) is 166 cm³/mol. The van der Waals surface area contributed by atoms with E-state index in [0.29, 0.717) is 23.3 Å². The van der Waals surface area contributed by atoms with Crippen molar-refractivity contribution >= 4 is 17.9 Å². The highest BCUT2D eigenvalue weighted by molar-refractivity contribution is 5.94. The first-order valence-electron chi connectivity index (χ1n) is 15.8. The Morgan fingerprint density at radius 3 is 2.09 bits per heavy atom. The fraction of sp³-hybridized carbons (Fsp3) is 0.417. The first kappa shape index (κ1) is 37.2. The maximum Gasteiger partial charge on any atom is 0.425 e. The normalized spacial score (nSPS) is 12.0. The molecule has 0 heterocycles. The van der Waals surface area contributed by atoms with Gasteiger partial charge >= 0.3 is 18.1 Å². The molecule has 0 spiro atoms. The zero-order chi connectivity index (χ0) is 34.4. The summed E-state index contributed by atoms with van der Waals surface area (Å²) in [6.45, 7) is 3.62. The molecular weight excluding hydrogens is 620 g/mol. The lowest BCUT2D eigenvalue weighted by atomic mass is 9.92. The molecule has 254 valence electrons. The fourth-order valence-corrected chi connectivity index (χ4v) is 4.94. The zero-order valence-electron chi connectivity index (χ0n) is 26.5. The van der Waals surface area contributed by atoms with Crippen molar-refractivity contribution in [2.75, 3.05) is 13.2 Å². The van der Waals surface area contributed by atoms with Crippen LogP contribution in [0, 0.1) is 5.82 Å². The summed E-state index contributed by atoms with van der Waals surface area (Å²) in [5.74, 6) is -4.18. The van der Waals surface area contributed by atoms with Gasteiger partial charge in [-0.1, -0.05) is 75.8 Å². The third-order valence-corrected chi connectivity index (χ3v) is 7.48. The monoisotopic (exact) mass is 659 g/mol. The van der Waals surface area contributed by atoms with Crippen LogP contribution in [0.3, 0.4) is 0 Å². The number of alkyl halides is 3. The Kier molecular flexibility index (Phi) is 14.4. The predicted octanol–water partition coefficient (Wildman–Crippen LogP) is 8.08. The lowest BCUT2D eigenvalue weighted by molar-refractivity contribution is -0.255. The summed E-state index contributed by atoms with van der Waals surface area (Å²) >= 11 is 0. The Labute approximate surface area is 271 Å². The minimum absolute atomic E-state index is 0.145. The molecular formula is C36H39F4O7-. The van der Waals surface area contributed by atoms with Crippen molar-refractivity contribution in [1.82, 2.24) is 0 Å². The second-order valence-corrected chi connectivity index (χ2v) is 11.0. The molecule has 0 bridgehead atoms. The highest BCUT2D eigenvalue weighted by Crippen LogP contribution is 2.35. The minimum Gasteiger partial charge on any atom is -0.545 e. The van der Waals surface area contributed by atoms with Crippen molar-refractivity contribution in [3.05, 3.63) is 77.6 Å². The number of carboxylic acids is 1. The van der Waals surface area contributed by atoms with Gasteiger partial charge in [0, 0.05) is 19.4 Å². The van der Waals surface area contributed by atoms with Gasteiger partial charge in [-0.3, -0.25) is 4.79 Å². The maximum absolute atomic E-state index is 15.2. The van der Waals surface area contributed by atoms with E-state index in [1.165, 1.54) is 43.5 Å². The van der Waals surface area contributed by atoms with E-state index in [1.54, 1.807) is 31.2 Å². The SMILES string of the molecule is CCCCCCCCCC(=O)Oc1ccc(-c2ccc(C(=O)[O-])cc2-c2ccc(C(=O)O[C@H](CCOCC)C(F)(F)F)c(F)c2)cc1. The first-order chi connectivity index (χ1) is 22.4. The summed E-state index contributed by atoms with van der Waals surface area (Å²) in [4.78, 5) is 36.5. The van der Waals surface area contributed by atoms with Gasteiger partial charge in [-0.25, -0.2) is 9.18 Å². The van der Waals surface area contributed by atoms with Crippen LogP contribution >= 0.6 is 0 Å². The van der Waals surface area contributed by atoms with Gasteiger partial charge in [0.1, 0.15) is 11.6 Å². The highest BCUT2D eigenvalue weighted by Gasteiger charge is 2.43. The average molecular weight is 660 g/mol. The number of carbonyl (C=O) groups is 3. The molecule has 0 saturated heterocycles. The van der Waals surface area contributed by atoms with Gasteiger partial charge in [0.05, 0.1) is 18.1 Å². The second kappa shape index (κ2) is 18.2. The molecule has 0 N–H and O–H groups in total. The largest absolute Gasteiger partial charge is 0.545 e. The van der Waals surface area contributed by atoms with E-state index in [9.17, 15) is 32.7 Å². The van der Waals surface area contributed by atoms with E-state index in [0.717, 1.165) is 37.8 Å². The van der Waals surface area contributed by atoms with E-state index >= 15 is 4.39 Å². The molecule has 47 heavy (non-hydrogen) atoms. The van der Waals surface area contributed by atoms with Crippen molar-refractivity contribution < 1.29 is 51.3 Å². The van der Waals surface area contributed by atoms with Gasteiger partial charge in [0.25, 0.3) is 0 Å². The van der Waals surface area contributed by atoms with Crippen molar-refractivity contribution in [3.63, 3.8) is 0 Å². The van der Waals surface area contributed by atoms with Gasteiger partial charge in [0.2, 0.25) is 0 Å². The Hall–Kier alpha value is -4.25. The first-order valence-corrected chi connectivity index (χ1v) is 15.8. The molecule has 0 aromatic heterocycles. The Morgan fingerprint density at radius 1 is 0.809 bits per heavy atom. The van der Waals surface area contributed by atoms with E-state index < -0.39 is 42.0 Å².